The van der Waals surface area contributed by atoms with Gasteiger partial charge in [-0.15, -0.1) is 0 Å². The van der Waals surface area contributed by atoms with E-state index in [-0.39, 0.29) is 18.8 Å². The lowest BCUT2D eigenvalue weighted by molar-refractivity contribution is 0.486. The number of hydrogen-bond acceptors (Lipinski definition) is 6. The van der Waals surface area contributed by atoms with Crippen molar-refractivity contribution in [2.24, 2.45) is 0 Å². The standard InChI is InChI=1S/C88H64B2N4OS/c1-88(2,3)64-48-44-62(45-49-64)72-38-19-22-41-77(72)94-79-58-84-76(57-75(79)89-73-39-20-23-42-78(73)93(67-35-17-8-18-36-67)80-53-70(54-81(94)86(80)89)91(65-31-13-6-14-32-65)66-33-15-7-16-34-66)90-74-40-21-24-43-82(74)95-83-55-71(56-85(96-84)87(83)90)92(68-50-46-61(47-51-68)59-26-9-4-10-27-59)69-37-25-30-63(52-69)60-28-11-5-12-29-60/h4-58H,1-3H3. The normalized spacial score (nSPS) is 12.9. The maximum Gasteiger partial charge on any atom is 0.253 e. The summed E-state index contributed by atoms with van der Waals surface area (Å²) in [5, 5.41) is 0. The van der Waals surface area contributed by atoms with Gasteiger partial charge in [-0.3, -0.25) is 0 Å². The molecule has 0 bridgehead atoms. The Balaban J connectivity index is 0.894. The Bertz CT molecular complexity index is 5260. The van der Waals surface area contributed by atoms with Gasteiger partial charge in [-0.05, 0) is 169 Å². The molecule has 0 aliphatic carbocycles. The second-order valence-corrected chi connectivity index (χ2v) is 27.5. The van der Waals surface area contributed by atoms with Crippen molar-refractivity contribution in [1.82, 2.24) is 0 Å². The molecule has 4 heterocycles. The minimum Gasteiger partial charge on any atom is -0.458 e. The van der Waals surface area contributed by atoms with E-state index in [1.165, 1.54) is 43.3 Å². The van der Waals surface area contributed by atoms with E-state index < -0.39 is 0 Å². The first-order valence-corrected chi connectivity index (χ1v) is 34.0. The first-order chi connectivity index (χ1) is 47.3. The van der Waals surface area contributed by atoms with Gasteiger partial charge in [-0.25, -0.2) is 0 Å². The van der Waals surface area contributed by atoms with Crippen LogP contribution in [0.25, 0.3) is 33.4 Å². The zero-order chi connectivity index (χ0) is 64.0. The fourth-order valence-corrected chi connectivity index (χ4v) is 16.4. The quantitative estimate of drug-likeness (QED) is 0.120. The Morgan fingerprint density at radius 1 is 0.302 bits per heavy atom. The fraction of sp³-hybridized carbons (Fsp3) is 0.0455. The van der Waals surface area contributed by atoms with Crippen LogP contribution >= 0.6 is 11.8 Å². The molecule has 18 rings (SSSR count). The monoisotopic (exact) mass is 1250 g/mol. The smallest absolute Gasteiger partial charge is 0.253 e. The lowest BCUT2D eigenvalue weighted by atomic mass is 9.31. The van der Waals surface area contributed by atoms with Gasteiger partial charge < -0.3 is 24.3 Å². The lowest BCUT2D eigenvalue weighted by Gasteiger charge is -2.46. The van der Waals surface area contributed by atoms with Gasteiger partial charge in [0.2, 0.25) is 0 Å². The highest BCUT2D eigenvalue weighted by molar-refractivity contribution is 8.00. The van der Waals surface area contributed by atoms with Gasteiger partial charge in [0.15, 0.2) is 0 Å². The molecule has 0 saturated heterocycles. The molecular weight excluding hydrogens is 1180 g/mol. The minimum absolute atomic E-state index is 0.00950. The van der Waals surface area contributed by atoms with E-state index in [1.807, 2.05) is 11.8 Å². The molecule has 0 radical (unpaired) electrons. The summed E-state index contributed by atoms with van der Waals surface area (Å²) in [6.45, 7) is 6.59. The molecule has 5 nitrogen and oxygen atoms in total. The van der Waals surface area contributed by atoms with Crippen molar-refractivity contribution in [3.8, 4) is 44.9 Å². The molecular formula is C88H64B2N4OS. The zero-order valence-corrected chi connectivity index (χ0v) is 54.3. The summed E-state index contributed by atoms with van der Waals surface area (Å²) in [4.78, 5) is 12.4. The van der Waals surface area contributed by atoms with Crippen LogP contribution in [0.5, 0.6) is 11.5 Å². The molecule has 0 fully saturated rings. The molecule has 454 valence electrons. The molecule has 4 aliphatic heterocycles. The van der Waals surface area contributed by atoms with Gasteiger partial charge in [0.1, 0.15) is 11.5 Å². The van der Waals surface area contributed by atoms with E-state index in [0.717, 1.165) is 118 Å². The number of rotatable bonds is 11. The molecule has 0 saturated carbocycles. The number of ether oxygens (including phenoxy) is 1. The first kappa shape index (κ1) is 57.2. The summed E-state index contributed by atoms with van der Waals surface area (Å²) in [7, 11) is 0. The van der Waals surface area contributed by atoms with Crippen LogP contribution in [-0.2, 0) is 5.41 Å². The Hall–Kier alpha value is -11.4. The summed E-state index contributed by atoms with van der Waals surface area (Å²) in [5.41, 5.74) is 28.7. The van der Waals surface area contributed by atoms with E-state index in [2.05, 4.69) is 374 Å². The van der Waals surface area contributed by atoms with E-state index in [4.69, 9.17) is 4.74 Å². The Kier molecular flexibility index (Phi) is 13.9. The van der Waals surface area contributed by atoms with Crippen molar-refractivity contribution >= 4 is 126 Å². The van der Waals surface area contributed by atoms with Crippen LogP contribution < -0.4 is 57.1 Å². The van der Waals surface area contributed by atoms with Gasteiger partial charge in [0.25, 0.3) is 13.4 Å². The fourth-order valence-electron chi connectivity index (χ4n) is 15.2. The molecule has 14 aromatic carbocycles. The van der Waals surface area contributed by atoms with Crippen molar-refractivity contribution in [3.05, 3.63) is 339 Å². The highest BCUT2D eigenvalue weighted by Crippen LogP contribution is 2.52. The van der Waals surface area contributed by atoms with Crippen molar-refractivity contribution < 1.29 is 4.74 Å². The van der Waals surface area contributed by atoms with Crippen LogP contribution in [0.3, 0.4) is 0 Å². The second-order valence-electron chi connectivity index (χ2n) is 26.4. The third kappa shape index (κ3) is 9.73. The summed E-state index contributed by atoms with van der Waals surface area (Å²) in [5.74, 6) is 1.73. The first-order valence-electron chi connectivity index (χ1n) is 33.2. The predicted molar refractivity (Wildman–Crippen MR) is 407 cm³/mol. The van der Waals surface area contributed by atoms with Gasteiger partial charge in [0, 0.05) is 72.6 Å². The van der Waals surface area contributed by atoms with Gasteiger partial charge in [-0.2, -0.15) is 0 Å². The van der Waals surface area contributed by atoms with Crippen molar-refractivity contribution in [2.75, 3.05) is 19.6 Å². The number of hydrogen-bond donors (Lipinski definition) is 0. The molecule has 0 aromatic heterocycles. The molecule has 0 unspecified atom stereocenters. The predicted octanol–water partition coefficient (Wildman–Crippen LogP) is 20.1. The van der Waals surface area contributed by atoms with Crippen LogP contribution in [0.2, 0.25) is 0 Å². The molecule has 8 heteroatoms. The third-order valence-corrected chi connectivity index (χ3v) is 20.8. The molecule has 0 spiro atoms. The maximum absolute atomic E-state index is 7.29. The summed E-state index contributed by atoms with van der Waals surface area (Å²) >= 11 is 1.86. The number of nitrogens with zero attached hydrogens (tertiary/aromatic N) is 4. The summed E-state index contributed by atoms with van der Waals surface area (Å²) in [6.07, 6.45) is 0. The molecule has 0 atom stereocenters. The highest BCUT2D eigenvalue weighted by atomic mass is 32.2. The summed E-state index contributed by atoms with van der Waals surface area (Å²) in [6, 6.07) is 123. The highest BCUT2D eigenvalue weighted by Gasteiger charge is 2.47. The van der Waals surface area contributed by atoms with Crippen LogP contribution in [0.4, 0.5) is 68.2 Å². The van der Waals surface area contributed by atoms with Crippen LogP contribution in [0.1, 0.15) is 26.3 Å². The molecule has 0 N–H and O–H groups in total. The molecule has 4 aliphatic rings. The second kappa shape index (κ2) is 23.2. The topological polar surface area (TPSA) is 22.2 Å². The molecule has 96 heavy (non-hydrogen) atoms. The van der Waals surface area contributed by atoms with Gasteiger partial charge >= 0.3 is 0 Å². The number of fused-ring (bicyclic) bond motifs is 8. The van der Waals surface area contributed by atoms with Crippen molar-refractivity contribution in [3.63, 3.8) is 0 Å². The van der Waals surface area contributed by atoms with Crippen LogP contribution in [0.15, 0.2) is 343 Å². The lowest BCUT2D eigenvalue weighted by Crippen LogP contribution is -2.64. The van der Waals surface area contributed by atoms with Gasteiger partial charge in [0.05, 0.1) is 17.1 Å². The maximum atomic E-state index is 7.29. The average Bonchev–Trinajstić information content (AvgIpc) is 0.690. The summed E-state index contributed by atoms with van der Waals surface area (Å²) < 4.78 is 7.29. The Labute approximate surface area is 567 Å². The average molecular weight is 1250 g/mol. The van der Waals surface area contributed by atoms with E-state index >= 15 is 0 Å². The number of para-hydroxylation sites is 6. The molecule has 0 amide bonds. The Morgan fingerprint density at radius 3 is 1.50 bits per heavy atom. The SMILES string of the molecule is CC(C)(C)c1ccc(-c2ccccc2N2c3cc4c(cc3B3c5ccccc5N(c5ccccc5)c5cc(N(c6ccccc6)c6ccccc6)cc2c53)B2c3ccccc3Oc3cc(N(c5ccc(-c6ccccc6)cc5)c5cccc(-c6ccccc6)c5)cc(c32)S4)cc1. The largest absolute Gasteiger partial charge is 0.458 e. The van der Waals surface area contributed by atoms with E-state index in [9.17, 15) is 0 Å². The minimum atomic E-state index is -0.159. The molecule has 14 aromatic rings. The third-order valence-electron chi connectivity index (χ3n) is 19.7. The van der Waals surface area contributed by atoms with E-state index in [1.54, 1.807) is 0 Å². The van der Waals surface area contributed by atoms with Crippen molar-refractivity contribution in [2.45, 2.75) is 36.0 Å². The Morgan fingerprint density at radius 2 is 0.812 bits per heavy atom. The number of benzene rings is 14. The van der Waals surface area contributed by atoms with Gasteiger partial charge in [-0.1, -0.05) is 262 Å². The van der Waals surface area contributed by atoms with Crippen LogP contribution in [0, 0.1) is 0 Å². The van der Waals surface area contributed by atoms with Crippen LogP contribution in [-0.4, -0.2) is 13.4 Å². The number of anilines is 12. The van der Waals surface area contributed by atoms with Crippen molar-refractivity contribution in [1.29, 1.82) is 0 Å². The zero-order valence-electron chi connectivity index (χ0n) is 53.5. The van der Waals surface area contributed by atoms with E-state index in [0.29, 0.717) is 0 Å².